The molecule has 1 rings (SSSR count). The summed E-state index contributed by atoms with van der Waals surface area (Å²) in [6.07, 6.45) is 0. The first-order valence-electron chi connectivity index (χ1n) is 4.60. The first-order chi connectivity index (χ1) is 7.16. The van der Waals surface area contributed by atoms with Gasteiger partial charge in [-0.05, 0) is 54.9 Å². The van der Waals surface area contributed by atoms with Gasteiger partial charge in [-0.3, -0.25) is 0 Å². The van der Waals surface area contributed by atoms with Crippen molar-refractivity contribution in [2.45, 2.75) is 26.4 Å². The Morgan fingerprint density at radius 1 is 1.06 bits per heavy atom. The summed E-state index contributed by atoms with van der Waals surface area (Å²) in [5.41, 5.74) is -0.340. The molecule has 0 aromatic heterocycles. The molecule has 0 saturated heterocycles. The van der Waals surface area contributed by atoms with Gasteiger partial charge in [-0.25, -0.2) is 8.42 Å². The van der Waals surface area contributed by atoms with Gasteiger partial charge >= 0.3 is 0 Å². The number of rotatable bonds is 3. The van der Waals surface area contributed by atoms with Crippen molar-refractivity contribution in [3.05, 3.63) is 24.3 Å². The maximum absolute atomic E-state index is 10.3. The lowest BCUT2D eigenvalue weighted by atomic mass is 10.2. The Kier molecular flexibility index (Phi) is 5.39. The van der Waals surface area contributed by atoms with Gasteiger partial charge in [-0.2, -0.15) is 0 Å². The van der Waals surface area contributed by atoms with Gasteiger partial charge in [-0.15, -0.1) is 0 Å². The second-order valence-electron chi connectivity index (χ2n) is 4.18. The van der Waals surface area contributed by atoms with Crippen LogP contribution in [0.5, 0.6) is 11.5 Å². The number of hydrogen-bond acceptors (Lipinski definition) is 5. The van der Waals surface area contributed by atoms with E-state index in [1.807, 2.05) is 20.8 Å². The molecule has 0 aliphatic heterocycles. The lowest BCUT2D eigenvalue weighted by Gasteiger charge is -2.21. The Morgan fingerprint density at radius 3 is 1.82 bits per heavy atom. The molecule has 5 nitrogen and oxygen atoms in total. The minimum Gasteiger partial charge on any atom is -0.716 e. The molecule has 1 aromatic rings. The third-order valence-corrected chi connectivity index (χ3v) is 1.84. The quantitative estimate of drug-likeness (QED) is 0.476. The Bertz CT molecular complexity index is 447. The molecule has 7 heteroatoms. The van der Waals surface area contributed by atoms with E-state index in [2.05, 4.69) is 4.18 Å². The van der Waals surface area contributed by atoms with E-state index in [9.17, 15) is 13.0 Å². The molecule has 0 aliphatic rings. The summed E-state index contributed by atoms with van der Waals surface area (Å²) >= 11 is 0. The molecule has 0 fully saturated rings. The predicted molar refractivity (Wildman–Crippen MR) is 69.6 cm³/mol. The van der Waals surface area contributed by atoms with Crippen molar-refractivity contribution in [2.75, 3.05) is 0 Å². The van der Waals surface area contributed by atoms with E-state index in [1.54, 1.807) is 0 Å². The van der Waals surface area contributed by atoms with E-state index in [0.29, 0.717) is 5.75 Å². The number of ether oxygens (including phenoxy) is 1. The molecule has 0 heterocycles. The molecule has 0 amide bonds. The van der Waals surface area contributed by atoms with Crippen LogP contribution in [-0.4, -0.2) is 18.6 Å². The first-order valence-corrected chi connectivity index (χ1v) is 5.93. The largest absolute Gasteiger partial charge is 0.716 e. The van der Waals surface area contributed by atoms with Crippen molar-refractivity contribution in [2.24, 2.45) is 0 Å². The van der Waals surface area contributed by atoms with Crippen LogP contribution in [-0.2, 0) is 10.4 Å². The van der Waals surface area contributed by atoms with Crippen molar-refractivity contribution in [1.29, 1.82) is 0 Å². The molecule has 98 valence electrons. The number of hydrogen-bond donors (Lipinski definition) is 0. The van der Waals surface area contributed by atoms with Gasteiger partial charge in [0.25, 0.3) is 10.4 Å². The Labute approximate surface area is 105 Å². The number of benzene rings is 1. The highest BCUT2D eigenvalue weighted by atomic mass is 32.3. The molecule has 0 aliphatic carbocycles. The van der Waals surface area contributed by atoms with E-state index in [0.717, 1.165) is 0 Å². The van der Waals surface area contributed by atoms with Crippen molar-refractivity contribution in [3.8, 4) is 11.5 Å². The molecule has 0 radical (unpaired) electrons. The zero-order chi connectivity index (χ0) is 12.4. The summed E-state index contributed by atoms with van der Waals surface area (Å²) < 4.78 is 40.6. The summed E-state index contributed by atoms with van der Waals surface area (Å²) in [5, 5.41) is 0. The van der Waals surface area contributed by atoms with Crippen LogP contribution in [0.3, 0.4) is 0 Å². The average molecular weight is 280 g/mol. The van der Waals surface area contributed by atoms with E-state index in [4.69, 9.17) is 4.74 Å². The third kappa shape index (κ3) is 7.15. The van der Waals surface area contributed by atoms with E-state index in [1.165, 1.54) is 24.3 Å². The molecular formula is C10H17O5PS. The summed E-state index contributed by atoms with van der Waals surface area (Å²) in [6, 6.07) is 5.78. The fraction of sp³-hybridized carbons (Fsp3) is 0.400. The zero-order valence-corrected chi connectivity index (χ0v) is 13.1. The molecule has 0 spiro atoms. The standard InChI is InChI=1S/C10H14O5S.H3P/c1-10(2,3)14-8-4-6-9(7-5-8)15-16(11,12)13;/h4-7H,1-3H3,(H,11,12,13);1H3. The Balaban J connectivity index is 0.00000256. The van der Waals surface area contributed by atoms with Gasteiger partial charge in [0.15, 0.2) is 0 Å². The third-order valence-electron chi connectivity index (χ3n) is 1.45. The van der Waals surface area contributed by atoms with Crippen LogP contribution in [0.1, 0.15) is 20.8 Å². The normalized spacial score (nSPS) is 11.5. The smallest absolute Gasteiger partial charge is 0.262 e. The molecular weight excluding hydrogens is 263 g/mol. The van der Waals surface area contributed by atoms with Crippen molar-refractivity contribution in [1.82, 2.24) is 0 Å². The van der Waals surface area contributed by atoms with E-state index in [-0.39, 0.29) is 21.2 Å². The predicted octanol–water partition coefficient (Wildman–Crippen LogP) is 1.49. The van der Waals surface area contributed by atoms with Gasteiger partial charge in [0.1, 0.15) is 17.1 Å². The maximum Gasteiger partial charge on any atom is 0.262 e. The highest BCUT2D eigenvalue weighted by Crippen LogP contribution is 2.22. The summed E-state index contributed by atoms with van der Waals surface area (Å²) in [7, 11) is -4.72. The second-order valence-corrected chi connectivity index (χ2v) is 5.16. The van der Waals surface area contributed by atoms with Crippen LogP contribution in [0.4, 0.5) is 0 Å². The van der Waals surface area contributed by atoms with Gasteiger partial charge in [-0.1, -0.05) is 0 Å². The molecule has 0 saturated carbocycles. The van der Waals surface area contributed by atoms with E-state index >= 15 is 0 Å². The van der Waals surface area contributed by atoms with Crippen LogP contribution >= 0.6 is 9.90 Å². The highest BCUT2D eigenvalue weighted by Gasteiger charge is 2.11. The van der Waals surface area contributed by atoms with Gasteiger partial charge in [0.05, 0.1) is 0 Å². The lowest BCUT2D eigenvalue weighted by molar-refractivity contribution is 0.131. The van der Waals surface area contributed by atoms with Crippen LogP contribution in [0.2, 0.25) is 0 Å². The Hall–Kier alpha value is -0.840. The summed E-state index contributed by atoms with van der Waals surface area (Å²) in [5.74, 6) is 0.541. The lowest BCUT2D eigenvalue weighted by Crippen LogP contribution is -2.22. The minimum absolute atomic E-state index is 0. The van der Waals surface area contributed by atoms with Gasteiger partial charge < -0.3 is 13.5 Å². The van der Waals surface area contributed by atoms with Crippen LogP contribution in [0.15, 0.2) is 24.3 Å². The van der Waals surface area contributed by atoms with Crippen LogP contribution in [0.25, 0.3) is 0 Å². The topological polar surface area (TPSA) is 75.7 Å². The average Bonchev–Trinajstić information content (AvgIpc) is 2.03. The zero-order valence-electron chi connectivity index (χ0n) is 10.3. The van der Waals surface area contributed by atoms with Crippen LogP contribution < -0.4 is 8.92 Å². The molecule has 1 unspecified atom stereocenters. The first kappa shape index (κ1) is 16.2. The molecule has 1 aromatic carbocycles. The SMILES string of the molecule is CC(C)(C)Oc1ccc(OS(=O)(=O)[O-])cc1.[PH4+]. The highest BCUT2D eigenvalue weighted by molar-refractivity contribution is 7.81. The van der Waals surface area contributed by atoms with Gasteiger partial charge in [0, 0.05) is 0 Å². The fourth-order valence-corrected chi connectivity index (χ4v) is 1.38. The van der Waals surface area contributed by atoms with Crippen molar-refractivity contribution >= 4 is 20.3 Å². The van der Waals surface area contributed by atoms with E-state index < -0.39 is 10.4 Å². The minimum atomic E-state index is -4.72. The van der Waals surface area contributed by atoms with Gasteiger partial charge in [0.2, 0.25) is 0 Å². The molecule has 0 N–H and O–H groups in total. The summed E-state index contributed by atoms with van der Waals surface area (Å²) in [4.78, 5) is 0. The molecule has 17 heavy (non-hydrogen) atoms. The molecule has 1 atom stereocenters. The Morgan fingerprint density at radius 2 is 1.47 bits per heavy atom. The second kappa shape index (κ2) is 5.67. The molecule has 0 bridgehead atoms. The maximum atomic E-state index is 10.3. The van der Waals surface area contributed by atoms with Crippen molar-refractivity contribution < 1.29 is 21.9 Å². The van der Waals surface area contributed by atoms with Crippen LogP contribution in [0, 0.1) is 0 Å². The summed E-state index contributed by atoms with van der Waals surface area (Å²) in [6.45, 7) is 5.67. The van der Waals surface area contributed by atoms with Crippen molar-refractivity contribution in [3.63, 3.8) is 0 Å². The fourth-order valence-electron chi connectivity index (χ4n) is 1.03. The monoisotopic (exact) mass is 280 g/mol.